The summed E-state index contributed by atoms with van der Waals surface area (Å²) in [5, 5.41) is 23.3. The molecule has 0 aliphatic heterocycles. The lowest BCUT2D eigenvalue weighted by Gasteiger charge is -2.12. The van der Waals surface area contributed by atoms with Gasteiger partial charge in [0.05, 0.1) is 16.9 Å². The van der Waals surface area contributed by atoms with E-state index in [9.17, 15) is 23.1 Å². The predicted molar refractivity (Wildman–Crippen MR) is 85.5 cm³/mol. The van der Waals surface area contributed by atoms with Crippen molar-refractivity contribution < 1.29 is 23.1 Å². The molecule has 0 aromatic heterocycles. The van der Waals surface area contributed by atoms with Gasteiger partial charge in [-0.05, 0) is 24.3 Å². The van der Waals surface area contributed by atoms with Crippen LogP contribution < -0.4 is 10.6 Å². The van der Waals surface area contributed by atoms with Crippen molar-refractivity contribution in [2.24, 2.45) is 0 Å². The standard InChI is InChI=1S/C17H12F3N3O2/c18-17(19,20)12-5-1-2-6-13(12)22-10-11(9-21)16(25)23-14-7-3-4-8-15(14)24/h1-8,10,22,24H,(H,23,25)/b11-10-. The number of hydrogen-bond donors (Lipinski definition) is 3. The van der Waals surface area contributed by atoms with Crippen LogP contribution in [0.3, 0.4) is 0 Å². The van der Waals surface area contributed by atoms with Crippen molar-refractivity contribution in [3.8, 4) is 11.8 Å². The SMILES string of the molecule is N#C/C(=C/Nc1ccccc1C(F)(F)F)C(=O)Nc1ccccc1O. The molecular weight excluding hydrogens is 335 g/mol. The summed E-state index contributed by atoms with van der Waals surface area (Å²) >= 11 is 0. The summed E-state index contributed by atoms with van der Waals surface area (Å²) in [7, 11) is 0. The number of hydrogen-bond acceptors (Lipinski definition) is 4. The molecule has 5 nitrogen and oxygen atoms in total. The second-order valence-electron chi connectivity index (χ2n) is 4.83. The van der Waals surface area contributed by atoms with Crippen LogP contribution in [0.1, 0.15) is 5.56 Å². The summed E-state index contributed by atoms with van der Waals surface area (Å²) < 4.78 is 38.7. The monoisotopic (exact) mass is 347 g/mol. The quantitative estimate of drug-likeness (QED) is 0.445. The molecule has 0 unspecified atom stereocenters. The van der Waals surface area contributed by atoms with Gasteiger partial charge in [0.15, 0.2) is 0 Å². The van der Waals surface area contributed by atoms with E-state index in [0.717, 1.165) is 12.3 Å². The van der Waals surface area contributed by atoms with Crippen molar-refractivity contribution in [1.29, 1.82) is 5.26 Å². The van der Waals surface area contributed by atoms with Gasteiger partial charge >= 0.3 is 6.18 Å². The van der Waals surface area contributed by atoms with E-state index in [1.807, 2.05) is 0 Å². The van der Waals surface area contributed by atoms with Gasteiger partial charge in [-0.15, -0.1) is 0 Å². The fourth-order valence-electron chi connectivity index (χ4n) is 1.92. The lowest BCUT2D eigenvalue weighted by atomic mass is 10.1. The van der Waals surface area contributed by atoms with E-state index in [-0.39, 0.29) is 17.1 Å². The highest BCUT2D eigenvalue weighted by atomic mass is 19.4. The van der Waals surface area contributed by atoms with Crippen LogP contribution in [0.15, 0.2) is 60.3 Å². The topological polar surface area (TPSA) is 85.2 Å². The van der Waals surface area contributed by atoms with E-state index < -0.39 is 23.2 Å². The van der Waals surface area contributed by atoms with Crippen molar-refractivity contribution in [1.82, 2.24) is 0 Å². The van der Waals surface area contributed by atoms with Gasteiger partial charge in [0, 0.05) is 6.20 Å². The molecule has 25 heavy (non-hydrogen) atoms. The van der Waals surface area contributed by atoms with Crippen molar-refractivity contribution in [3.05, 3.63) is 65.9 Å². The van der Waals surface area contributed by atoms with Gasteiger partial charge in [-0.3, -0.25) is 4.79 Å². The third-order valence-corrected chi connectivity index (χ3v) is 3.12. The van der Waals surface area contributed by atoms with Gasteiger partial charge in [-0.2, -0.15) is 18.4 Å². The van der Waals surface area contributed by atoms with Gasteiger partial charge < -0.3 is 15.7 Å². The van der Waals surface area contributed by atoms with Crippen molar-refractivity contribution in [2.45, 2.75) is 6.18 Å². The Morgan fingerprint density at radius 1 is 1.08 bits per heavy atom. The second-order valence-corrected chi connectivity index (χ2v) is 4.83. The first-order valence-electron chi connectivity index (χ1n) is 6.95. The zero-order valence-corrected chi connectivity index (χ0v) is 12.6. The van der Waals surface area contributed by atoms with Crippen LogP contribution in [0.4, 0.5) is 24.5 Å². The minimum atomic E-state index is -4.58. The van der Waals surface area contributed by atoms with E-state index in [2.05, 4.69) is 10.6 Å². The highest BCUT2D eigenvalue weighted by Gasteiger charge is 2.33. The second kappa shape index (κ2) is 7.40. The lowest BCUT2D eigenvalue weighted by molar-refractivity contribution is -0.136. The third-order valence-electron chi connectivity index (χ3n) is 3.12. The Kier molecular flexibility index (Phi) is 5.29. The van der Waals surface area contributed by atoms with E-state index in [4.69, 9.17) is 5.26 Å². The minimum absolute atomic E-state index is 0.0735. The minimum Gasteiger partial charge on any atom is -0.506 e. The molecule has 2 aromatic carbocycles. The maximum absolute atomic E-state index is 12.9. The number of amides is 1. The van der Waals surface area contributed by atoms with Gasteiger partial charge in [0.2, 0.25) is 0 Å². The van der Waals surface area contributed by atoms with Gasteiger partial charge in [0.25, 0.3) is 5.91 Å². The fraction of sp³-hybridized carbons (Fsp3) is 0.0588. The number of rotatable bonds is 4. The van der Waals surface area contributed by atoms with Gasteiger partial charge in [-0.1, -0.05) is 24.3 Å². The zero-order valence-electron chi connectivity index (χ0n) is 12.6. The molecule has 1 amide bonds. The number of carbonyl (C=O) groups excluding carboxylic acids is 1. The molecule has 0 atom stereocenters. The highest BCUT2D eigenvalue weighted by Crippen LogP contribution is 2.34. The number of nitrogens with one attached hydrogen (secondary N) is 2. The van der Waals surface area contributed by atoms with Crippen molar-refractivity contribution in [3.63, 3.8) is 0 Å². The van der Waals surface area contributed by atoms with Gasteiger partial charge in [-0.25, -0.2) is 0 Å². The van der Waals surface area contributed by atoms with Crippen LogP contribution in [0.25, 0.3) is 0 Å². The number of alkyl halides is 3. The van der Waals surface area contributed by atoms with Crippen molar-refractivity contribution >= 4 is 17.3 Å². The molecule has 3 N–H and O–H groups in total. The first-order chi connectivity index (χ1) is 11.8. The normalized spacial score (nSPS) is 11.5. The highest BCUT2D eigenvalue weighted by molar-refractivity contribution is 6.07. The molecule has 0 aliphatic carbocycles. The maximum atomic E-state index is 12.9. The third kappa shape index (κ3) is 4.51. The molecule has 0 bridgehead atoms. The summed E-state index contributed by atoms with van der Waals surface area (Å²) in [5.74, 6) is -1.08. The molecule has 0 radical (unpaired) electrons. The molecule has 0 fully saturated rings. The average Bonchev–Trinajstić information content (AvgIpc) is 2.57. The van der Waals surface area contributed by atoms with Crippen LogP contribution in [0.5, 0.6) is 5.75 Å². The Morgan fingerprint density at radius 2 is 1.68 bits per heavy atom. The molecule has 0 aliphatic rings. The number of para-hydroxylation sites is 3. The van der Waals surface area contributed by atoms with Gasteiger partial charge in [0.1, 0.15) is 17.4 Å². The summed E-state index contributed by atoms with van der Waals surface area (Å²) in [6, 6.07) is 12.1. The Morgan fingerprint density at radius 3 is 2.28 bits per heavy atom. The number of halogens is 3. The number of phenols is 1. The van der Waals surface area contributed by atoms with Crippen molar-refractivity contribution in [2.75, 3.05) is 10.6 Å². The average molecular weight is 347 g/mol. The molecule has 8 heteroatoms. The first kappa shape index (κ1) is 17.9. The molecule has 0 heterocycles. The van der Waals surface area contributed by atoms with Crippen LogP contribution in [-0.4, -0.2) is 11.0 Å². The molecule has 0 spiro atoms. The first-order valence-corrected chi connectivity index (χ1v) is 6.95. The Bertz CT molecular complexity index is 855. The number of nitrogens with zero attached hydrogens (tertiary/aromatic N) is 1. The predicted octanol–water partition coefficient (Wildman–Crippen LogP) is 3.87. The lowest BCUT2D eigenvalue weighted by Crippen LogP contribution is -2.15. The zero-order chi connectivity index (χ0) is 18.4. The number of phenolic OH excluding ortho intramolecular Hbond substituents is 1. The maximum Gasteiger partial charge on any atom is 0.418 e. The Balaban J connectivity index is 2.21. The number of aromatic hydroxyl groups is 1. The van der Waals surface area contributed by atoms with E-state index in [1.165, 1.54) is 30.3 Å². The molecule has 2 rings (SSSR count). The fourth-order valence-corrected chi connectivity index (χ4v) is 1.92. The van der Waals surface area contributed by atoms with Crippen LogP contribution in [-0.2, 0) is 11.0 Å². The largest absolute Gasteiger partial charge is 0.506 e. The summed E-state index contributed by atoms with van der Waals surface area (Å²) in [5.41, 5.74) is -1.60. The summed E-state index contributed by atoms with van der Waals surface area (Å²) in [4.78, 5) is 12.0. The summed E-state index contributed by atoms with van der Waals surface area (Å²) in [6.45, 7) is 0. The number of nitriles is 1. The molecule has 128 valence electrons. The number of benzene rings is 2. The smallest absolute Gasteiger partial charge is 0.418 e. The van der Waals surface area contributed by atoms with Crippen LogP contribution in [0, 0.1) is 11.3 Å². The Labute approximate surface area is 141 Å². The Hall–Kier alpha value is -3.47. The van der Waals surface area contributed by atoms with Crippen LogP contribution in [0.2, 0.25) is 0 Å². The molecular formula is C17H12F3N3O2. The van der Waals surface area contributed by atoms with E-state index in [0.29, 0.717) is 0 Å². The molecule has 2 aromatic rings. The number of carbonyl (C=O) groups is 1. The molecule has 0 saturated heterocycles. The van der Waals surface area contributed by atoms with Crippen LogP contribution >= 0.6 is 0 Å². The van der Waals surface area contributed by atoms with E-state index in [1.54, 1.807) is 18.2 Å². The number of anilines is 2. The molecule has 0 saturated carbocycles. The summed E-state index contributed by atoms with van der Waals surface area (Å²) in [6.07, 6.45) is -3.71. The van der Waals surface area contributed by atoms with E-state index >= 15 is 0 Å².